The Labute approximate surface area is 89.1 Å². The highest BCUT2D eigenvalue weighted by Crippen LogP contribution is 2.29. The van der Waals surface area contributed by atoms with E-state index in [4.69, 9.17) is 0 Å². The molecule has 0 saturated heterocycles. The second kappa shape index (κ2) is 6.41. The molecule has 1 aliphatic rings. The third-order valence-corrected chi connectivity index (χ3v) is 3.16. The van der Waals surface area contributed by atoms with Gasteiger partial charge in [0, 0.05) is 12.1 Å². The van der Waals surface area contributed by atoms with Crippen LogP contribution in [0.3, 0.4) is 0 Å². The van der Waals surface area contributed by atoms with Gasteiger partial charge in [-0.1, -0.05) is 13.3 Å². The molecule has 0 aromatic rings. The molecular formula is C12H26N2. The van der Waals surface area contributed by atoms with E-state index >= 15 is 0 Å². The highest BCUT2D eigenvalue weighted by molar-refractivity contribution is 4.87. The number of unbranched alkanes of at least 4 members (excludes halogenated alkanes) is 1. The van der Waals surface area contributed by atoms with Crippen LogP contribution in [-0.4, -0.2) is 37.1 Å². The molecule has 1 N–H and O–H groups in total. The van der Waals surface area contributed by atoms with Gasteiger partial charge in [0.1, 0.15) is 0 Å². The Morgan fingerprint density at radius 1 is 1.43 bits per heavy atom. The molecule has 1 saturated carbocycles. The van der Waals surface area contributed by atoms with Gasteiger partial charge in [-0.2, -0.15) is 0 Å². The minimum Gasteiger partial charge on any atom is -0.320 e. The summed E-state index contributed by atoms with van der Waals surface area (Å²) in [5.41, 5.74) is 0. The normalized spacial score (nSPS) is 18.9. The third kappa shape index (κ3) is 3.97. The fourth-order valence-electron chi connectivity index (χ4n) is 2.03. The third-order valence-electron chi connectivity index (χ3n) is 3.16. The Morgan fingerprint density at radius 2 is 2.14 bits per heavy atom. The minimum atomic E-state index is 0.765. The van der Waals surface area contributed by atoms with Crippen LogP contribution in [0.2, 0.25) is 0 Å². The van der Waals surface area contributed by atoms with Crippen molar-refractivity contribution >= 4 is 0 Å². The Hall–Kier alpha value is -0.0800. The largest absolute Gasteiger partial charge is 0.320 e. The first kappa shape index (κ1) is 12.0. The van der Waals surface area contributed by atoms with Crippen LogP contribution in [0.4, 0.5) is 0 Å². The predicted octanol–water partition coefficient (Wildman–Crippen LogP) is 2.25. The first-order valence-corrected chi connectivity index (χ1v) is 6.20. The molecule has 1 atom stereocenters. The van der Waals surface area contributed by atoms with Gasteiger partial charge in [0.15, 0.2) is 0 Å². The predicted molar refractivity (Wildman–Crippen MR) is 62.6 cm³/mol. The molecule has 0 amide bonds. The molecule has 0 aromatic carbocycles. The maximum atomic E-state index is 3.24. The maximum absolute atomic E-state index is 3.24. The van der Waals surface area contributed by atoms with Crippen molar-refractivity contribution in [3.8, 4) is 0 Å². The van der Waals surface area contributed by atoms with Gasteiger partial charge in [-0.3, -0.25) is 4.90 Å². The summed E-state index contributed by atoms with van der Waals surface area (Å²) in [4.78, 5) is 2.72. The lowest BCUT2D eigenvalue weighted by Crippen LogP contribution is -2.37. The van der Waals surface area contributed by atoms with E-state index in [1.807, 2.05) is 7.05 Å². The molecule has 0 aromatic heterocycles. The van der Waals surface area contributed by atoms with Crippen molar-refractivity contribution in [1.82, 2.24) is 10.2 Å². The quantitative estimate of drug-likeness (QED) is 0.643. The van der Waals surface area contributed by atoms with Crippen molar-refractivity contribution in [2.75, 3.05) is 20.1 Å². The monoisotopic (exact) mass is 198 g/mol. The maximum Gasteiger partial charge on any atom is 0.00992 e. The van der Waals surface area contributed by atoms with Gasteiger partial charge in [0.05, 0.1) is 0 Å². The molecule has 2 heteroatoms. The van der Waals surface area contributed by atoms with E-state index < -0.39 is 0 Å². The number of rotatable bonds is 8. The molecule has 0 radical (unpaired) electrons. The number of hydrogen-bond donors (Lipinski definition) is 1. The molecular weight excluding hydrogens is 172 g/mol. The molecule has 0 bridgehead atoms. The molecule has 1 unspecified atom stereocenters. The van der Waals surface area contributed by atoms with Crippen LogP contribution in [-0.2, 0) is 0 Å². The average Bonchev–Trinajstić information content (AvgIpc) is 2.99. The smallest absolute Gasteiger partial charge is 0.00992 e. The Kier molecular flexibility index (Phi) is 5.49. The SMILES string of the molecule is CCCCN(C(C)CCNC)C1CC1. The van der Waals surface area contributed by atoms with Crippen molar-refractivity contribution < 1.29 is 0 Å². The second-order valence-electron chi connectivity index (χ2n) is 4.56. The van der Waals surface area contributed by atoms with Crippen LogP contribution in [0.5, 0.6) is 0 Å². The fraction of sp³-hybridized carbons (Fsp3) is 1.00. The lowest BCUT2D eigenvalue weighted by atomic mass is 10.1. The van der Waals surface area contributed by atoms with E-state index in [-0.39, 0.29) is 0 Å². The summed E-state index contributed by atoms with van der Waals surface area (Å²) in [6.45, 7) is 7.12. The molecule has 84 valence electrons. The van der Waals surface area contributed by atoms with Gasteiger partial charge in [0.2, 0.25) is 0 Å². The number of hydrogen-bond acceptors (Lipinski definition) is 2. The first-order valence-electron chi connectivity index (χ1n) is 6.20. The number of nitrogens with zero attached hydrogens (tertiary/aromatic N) is 1. The van der Waals surface area contributed by atoms with E-state index in [2.05, 4.69) is 24.1 Å². The molecule has 1 rings (SSSR count). The van der Waals surface area contributed by atoms with Crippen molar-refractivity contribution in [2.45, 2.75) is 58.0 Å². The van der Waals surface area contributed by atoms with Crippen LogP contribution < -0.4 is 5.32 Å². The Bertz CT molecular complexity index is 143. The van der Waals surface area contributed by atoms with E-state index in [9.17, 15) is 0 Å². The first-order chi connectivity index (χ1) is 6.79. The zero-order valence-corrected chi connectivity index (χ0v) is 10.1. The van der Waals surface area contributed by atoms with Crippen LogP contribution >= 0.6 is 0 Å². The molecule has 0 heterocycles. The van der Waals surface area contributed by atoms with E-state index in [1.165, 1.54) is 38.6 Å². The van der Waals surface area contributed by atoms with Crippen LogP contribution in [0.25, 0.3) is 0 Å². The molecule has 1 aliphatic carbocycles. The lowest BCUT2D eigenvalue weighted by Gasteiger charge is -2.29. The molecule has 0 aliphatic heterocycles. The van der Waals surface area contributed by atoms with Gasteiger partial charge < -0.3 is 5.32 Å². The molecule has 1 fully saturated rings. The van der Waals surface area contributed by atoms with Gasteiger partial charge in [-0.25, -0.2) is 0 Å². The summed E-state index contributed by atoms with van der Waals surface area (Å²) in [6, 6.07) is 1.69. The van der Waals surface area contributed by atoms with Crippen molar-refractivity contribution in [1.29, 1.82) is 0 Å². The Balaban J connectivity index is 2.24. The average molecular weight is 198 g/mol. The van der Waals surface area contributed by atoms with E-state index in [0.717, 1.165) is 18.6 Å². The summed E-state index contributed by atoms with van der Waals surface area (Å²) < 4.78 is 0. The van der Waals surface area contributed by atoms with Crippen molar-refractivity contribution in [2.24, 2.45) is 0 Å². The minimum absolute atomic E-state index is 0.765. The van der Waals surface area contributed by atoms with Gasteiger partial charge >= 0.3 is 0 Å². The van der Waals surface area contributed by atoms with Gasteiger partial charge in [-0.05, 0) is 52.7 Å². The van der Waals surface area contributed by atoms with Crippen LogP contribution in [0, 0.1) is 0 Å². The fourth-order valence-corrected chi connectivity index (χ4v) is 2.03. The Morgan fingerprint density at radius 3 is 2.64 bits per heavy atom. The highest BCUT2D eigenvalue weighted by atomic mass is 15.2. The molecule has 2 nitrogen and oxygen atoms in total. The van der Waals surface area contributed by atoms with Crippen molar-refractivity contribution in [3.63, 3.8) is 0 Å². The topological polar surface area (TPSA) is 15.3 Å². The standard InChI is InChI=1S/C12H26N2/c1-4-5-10-14(12-6-7-12)11(2)8-9-13-3/h11-13H,4-10H2,1-3H3. The summed E-state index contributed by atoms with van der Waals surface area (Å²) >= 11 is 0. The summed E-state index contributed by atoms with van der Waals surface area (Å²) in [5.74, 6) is 0. The van der Waals surface area contributed by atoms with E-state index in [1.54, 1.807) is 0 Å². The summed E-state index contributed by atoms with van der Waals surface area (Å²) in [6.07, 6.45) is 6.85. The van der Waals surface area contributed by atoms with Gasteiger partial charge in [-0.15, -0.1) is 0 Å². The van der Waals surface area contributed by atoms with E-state index in [0.29, 0.717) is 0 Å². The van der Waals surface area contributed by atoms with Crippen LogP contribution in [0.1, 0.15) is 46.0 Å². The summed E-state index contributed by atoms with van der Waals surface area (Å²) in [5, 5.41) is 3.24. The zero-order chi connectivity index (χ0) is 10.4. The van der Waals surface area contributed by atoms with Crippen LogP contribution in [0.15, 0.2) is 0 Å². The number of nitrogens with one attached hydrogen (secondary N) is 1. The zero-order valence-electron chi connectivity index (χ0n) is 10.1. The second-order valence-corrected chi connectivity index (χ2v) is 4.56. The molecule has 14 heavy (non-hydrogen) atoms. The summed E-state index contributed by atoms with van der Waals surface area (Å²) in [7, 11) is 2.04. The molecule has 0 spiro atoms. The van der Waals surface area contributed by atoms with Gasteiger partial charge in [0.25, 0.3) is 0 Å². The van der Waals surface area contributed by atoms with Crippen molar-refractivity contribution in [3.05, 3.63) is 0 Å². The highest BCUT2D eigenvalue weighted by Gasteiger charge is 2.31. The lowest BCUT2D eigenvalue weighted by molar-refractivity contribution is 0.186.